The summed E-state index contributed by atoms with van der Waals surface area (Å²) in [6.07, 6.45) is 0. The average Bonchev–Trinajstić information content (AvgIpc) is 2.64. The maximum Gasteiger partial charge on any atom is 0.336 e. The molecule has 1 N–H and O–H groups in total. The maximum absolute atomic E-state index is 11.1. The third-order valence-corrected chi connectivity index (χ3v) is 3.51. The van der Waals surface area contributed by atoms with Crippen LogP contribution in [0.3, 0.4) is 0 Å². The van der Waals surface area contributed by atoms with Gasteiger partial charge in [-0.15, -0.1) is 11.3 Å². The molecule has 1 heterocycles. The van der Waals surface area contributed by atoms with Gasteiger partial charge in [0.1, 0.15) is 0 Å². The maximum atomic E-state index is 11.1. The van der Waals surface area contributed by atoms with Crippen molar-refractivity contribution in [3.8, 4) is 10.4 Å². The highest BCUT2D eigenvalue weighted by Gasteiger charge is 2.13. The zero-order valence-corrected chi connectivity index (χ0v) is 10.1. The number of carbonyl (C=O) groups is 1. The topological polar surface area (TPSA) is 37.3 Å². The lowest BCUT2D eigenvalue weighted by Crippen LogP contribution is -1.98. The number of thiophene rings is 1. The van der Waals surface area contributed by atoms with E-state index in [1.54, 1.807) is 18.2 Å². The lowest BCUT2D eigenvalue weighted by Gasteiger charge is -2.04. The molecule has 0 fully saturated rings. The highest BCUT2D eigenvalue weighted by atomic mass is 35.5. The van der Waals surface area contributed by atoms with Crippen molar-refractivity contribution in [3.05, 3.63) is 45.8 Å². The summed E-state index contributed by atoms with van der Waals surface area (Å²) in [5.41, 5.74) is 2.07. The van der Waals surface area contributed by atoms with Crippen molar-refractivity contribution in [2.75, 3.05) is 0 Å². The zero-order chi connectivity index (χ0) is 11.7. The Labute approximate surface area is 102 Å². The van der Waals surface area contributed by atoms with Gasteiger partial charge in [-0.1, -0.05) is 23.2 Å². The number of aromatic carboxylic acids is 1. The summed E-state index contributed by atoms with van der Waals surface area (Å²) in [6.45, 7) is 1.93. The Balaban J connectivity index is 2.62. The van der Waals surface area contributed by atoms with Gasteiger partial charge in [0.15, 0.2) is 0 Å². The predicted octanol–water partition coefficient (Wildman–Crippen LogP) is 4.08. The second-order valence-corrected chi connectivity index (χ2v) is 5.17. The summed E-state index contributed by atoms with van der Waals surface area (Å²) in [7, 11) is 0. The molecule has 16 heavy (non-hydrogen) atoms. The number of carboxylic acid groups (broad SMARTS) is 1. The molecule has 0 saturated carbocycles. The second-order valence-electron chi connectivity index (χ2n) is 3.46. The minimum Gasteiger partial charge on any atom is -0.478 e. The highest BCUT2D eigenvalue weighted by Crippen LogP contribution is 2.33. The van der Waals surface area contributed by atoms with Gasteiger partial charge < -0.3 is 5.11 Å². The van der Waals surface area contributed by atoms with E-state index < -0.39 is 5.97 Å². The lowest BCUT2D eigenvalue weighted by molar-refractivity contribution is 0.0698. The van der Waals surface area contributed by atoms with Crippen LogP contribution in [0.4, 0.5) is 0 Å². The van der Waals surface area contributed by atoms with Crippen molar-refractivity contribution >= 4 is 28.9 Å². The molecular formula is C12H9ClO2S. The molecule has 0 aliphatic rings. The minimum absolute atomic E-state index is 0.309. The molecule has 1 aromatic carbocycles. The minimum atomic E-state index is -0.917. The van der Waals surface area contributed by atoms with Gasteiger partial charge in [0.2, 0.25) is 0 Å². The normalized spacial score (nSPS) is 10.4. The van der Waals surface area contributed by atoms with Gasteiger partial charge in [-0.05, 0) is 31.2 Å². The molecule has 0 amide bonds. The molecule has 0 spiro atoms. The molecule has 2 nitrogen and oxygen atoms in total. The van der Waals surface area contributed by atoms with Gasteiger partial charge in [0.25, 0.3) is 0 Å². The van der Waals surface area contributed by atoms with Gasteiger partial charge in [-0.2, -0.15) is 0 Å². The molecule has 2 aromatic rings. The summed E-state index contributed by atoms with van der Waals surface area (Å²) in [6, 6.07) is 8.90. The van der Waals surface area contributed by atoms with Crippen LogP contribution < -0.4 is 0 Å². The average molecular weight is 253 g/mol. The Morgan fingerprint density at radius 1 is 1.31 bits per heavy atom. The SMILES string of the molecule is Cc1ccc(C(=O)O)c(-c2ccc(Cl)s2)c1. The largest absolute Gasteiger partial charge is 0.478 e. The van der Waals surface area contributed by atoms with Crippen LogP contribution in [0.25, 0.3) is 10.4 Å². The number of carboxylic acids is 1. The molecule has 0 saturated heterocycles. The smallest absolute Gasteiger partial charge is 0.336 e. The molecule has 0 aliphatic heterocycles. The fourth-order valence-electron chi connectivity index (χ4n) is 1.51. The molecule has 0 radical (unpaired) electrons. The third-order valence-electron chi connectivity index (χ3n) is 2.24. The number of rotatable bonds is 2. The fourth-order valence-corrected chi connectivity index (χ4v) is 2.58. The van der Waals surface area contributed by atoms with E-state index in [1.807, 2.05) is 19.1 Å². The zero-order valence-electron chi connectivity index (χ0n) is 8.53. The molecule has 2 rings (SSSR count). The van der Waals surface area contributed by atoms with E-state index in [0.717, 1.165) is 16.0 Å². The second kappa shape index (κ2) is 4.28. The van der Waals surface area contributed by atoms with Crippen LogP contribution in [-0.4, -0.2) is 11.1 Å². The van der Waals surface area contributed by atoms with Crippen molar-refractivity contribution in [1.82, 2.24) is 0 Å². The lowest BCUT2D eigenvalue weighted by atomic mass is 10.0. The summed E-state index contributed by atoms with van der Waals surface area (Å²) in [5.74, 6) is -0.917. The van der Waals surface area contributed by atoms with E-state index in [2.05, 4.69) is 0 Å². The Hall–Kier alpha value is -1.32. The molecular weight excluding hydrogens is 244 g/mol. The Morgan fingerprint density at radius 3 is 2.62 bits per heavy atom. The predicted molar refractivity (Wildman–Crippen MR) is 66.5 cm³/mol. The first-order valence-corrected chi connectivity index (χ1v) is 5.87. The van der Waals surface area contributed by atoms with E-state index in [4.69, 9.17) is 16.7 Å². The van der Waals surface area contributed by atoms with Gasteiger partial charge in [0.05, 0.1) is 9.90 Å². The van der Waals surface area contributed by atoms with Crippen LogP contribution in [0.2, 0.25) is 4.34 Å². The van der Waals surface area contributed by atoms with Crippen LogP contribution in [0.1, 0.15) is 15.9 Å². The van der Waals surface area contributed by atoms with Gasteiger partial charge in [0, 0.05) is 10.4 Å². The Bertz CT molecular complexity index is 546. The summed E-state index contributed by atoms with van der Waals surface area (Å²) in [4.78, 5) is 12.0. The number of hydrogen-bond acceptors (Lipinski definition) is 2. The first-order chi connectivity index (χ1) is 7.58. The number of benzene rings is 1. The summed E-state index contributed by atoms with van der Waals surface area (Å²) in [5, 5.41) is 9.10. The number of halogens is 1. The van der Waals surface area contributed by atoms with Gasteiger partial charge in [-0.3, -0.25) is 0 Å². The molecule has 4 heteroatoms. The first-order valence-electron chi connectivity index (χ1n) is 4.67. The highest BCUT2D eigenvalue weighted by molar-refractivity contribution is 7.19. The molecule has 1 aromatic heterocycles. The quantitative estimate of drug-likeness (QED) is 0.875. The molecule has 0 atom stereocenters. The van der Waals surface area contributed by atoms with E-state index in [9.17, 15) is 4.79 Å². The van der Waals surface area contributed by atoms with E-state index in [0.29, 0.717) is 9.90 Å². The molecule has 82 valence electrons. The van der Waals surface area contributed by atoms with Crippen molar-refractivity contribution < 1.29 is 9.90 Å². The Kier molecular flexibility index (Phi) is 2.99. The van der Waals surface area contributed by atoms with Crippen molar-refractivity contribution in [3.63, 3.8) is 0 Å². The number of hydrogen-bond donors (Lipinski definition) is 1. The van der Waals surface area contributed by atoms with Gasteiger partial charge in [-0.25, -0.2) is 4.79 Å². The summed E-state index contributed by atoms with van der Waals surface area (Å²) >= 11 is 7.24. The molecule has 0 unspecified atom stereocenters. The summed E-state index contributed by atoms with van der Waals surface area (Å²) < 4.78 is 0.660. The molecule has 0 bridgehead atoms. The van der Waals surface area contributed by atoms with Crippen LogP contribution >= 0.6 is 22.9 Å². The van der Waals surface area contributed by atoms with Gasteiger partial charge >= 0.3 is 5.97 Å². The van der Waals surface area contributed by atoms with Crippen molar-refractivity contribution in [2.24, 2.45) is 0 Å². The standard InChI is InChI=1S/C12H9ClO2S/c1-7-2-3-8(12(14)15)9(6-7)10-4-5-11(13)16-10/h2-6H,1H3,(H,14,15). The van der Waals surface area contributed by atoms with E-state index in [1.165, 1.54) is 11.3 Å². The van der Waals surface area contributed by atoms with Crippen LogP contribution in [0, 0.1) is 6.92 Å². The third kappa shape index (κ3) is 2.10. The van der Waals surface area contributed by atoms with Crippen LogP contribution in [-0.2, 0) is 0 Å². The fraction of sp³-hybridized carbons (Fsp3) is 0.0833. The van der Waals surface area contributed by atoms with Crippen LogP contribution in [0.5, 0.6) is 0 Å². The van der Waals surface area contributed by atoms with E-state index >= 15 is 0 Å². The van der Waals surface area contributed by atoms with E-state index in [-0.39, 0.29) is 0 Å². The van der Waals surface area contributed by atoms with Crippen LogP contribution in [0.15, 0.2) is 30.3 Å². The monoisotopic (exact) mass is 252 g/mol. The first kappa shape index (κ1) is 11.2. The Morgan fingerprint density at radius 2 is 2.06 bits per heavy atom. The van der Waals surface area contributed by atoms with Crippen molar-refractivity contribution in [1.29, 1.82) is 0 Å². The molecule has 0 aliphatic carbocycles. The number of aryl methyl sites for hydroxylation is 1. The van der Waals surface area contributed by atoms with Crippen molar-refractivity contribution in [2.45, 2.75) is 6.92 Å².